The molecular weight excluding hydrogens is 130 g/mol. The van der Waals surface area contributed by atoms with Gasteiger partial charge in [-0.15, -0.1) is 0 Å². The van der Waals surface area contributed by atoms with E-state index >= 15 is 0 Å². The summed E-state index contributed by atoms with van der Waals surface area (Å²) in [7, 11) is 0. The summed E-state index contributed by atoms with van der Waals surface area (Å²) in [5, 5.41) is 11.1. The van der Waals surface area contributed by atoms with Gasteiger partial charge in [-0.25, -0.2) is 0 Å². The Kier molecular flexibility index (Phi) is 4.94. The summed E-state index contributed by atoms with van der Waals surface area (Å²) in [6, 6.07) is -0.127. The number of carbonyl (C=O) groups excluding carboxylic acids is 1. The third-order valence-corrected chi connectivity index (χ3v) is 1.24. The molecule has 0 spiro atoms. The number of hydrogen-bond donors (Lipinski definition) is 2. The van der Waals surface area contributed by atoms with Gasteiger partial charge in [0.15, 0.2) is 0 Å². The van der Waals surface area contributed by atoms with Crippen LogP contribution >= 0.6 is 0 Å². The van der Waals surface area contributed by atoms with Gasteiger partial charge in [0.2, 0.25) is 0 Å². The molecule has 2 N–H and O–H groups in total. The van der Waals surface area contributed by atoms with E-state index in [2.05, 4.69) is 5.32 Å². The predicted octanol–water partition coefficient (Wildman–Crippen LogP) is 0.0502. The lowest BCUT2D eigenvalue weighted by Crippen LogP contribution is -2.32. The van der Waals surface area contributed by atoms with Gasteiger partial charge in [-0.05, 0) is 12.3 Å². The van der Waals surface area contributed by atoms with Crippen molar-refractivity contribution >= 4 is 6.41 Å². The molecule has 1 radical (unpaired) electrons. The van der Waals surface area contributed by atoms with E-state index in [4.69, 9.17) is 5.11 Å². The van der Waals surface area contributed by atoms with Gasteiger partial charge in [-0.2, -0.15) is 0 Å². The van der Waals surface area contributed by atoms with Crippen molar-refractivity contribution in [2.45, 2.75) is 26.3 Å². The zero-order valence-electron chi connectivity index (χ0n) is 6.42. The third-order valence-electron chi connectivity index (χ3n) is 1.24. The highest BCUT2D eigenvalue weighted by atomic mass is 16.3. The second-order valence-electron chi connectivity index (χ2n) is 2.76. The van der Waals surface area contributed by atoms with Gasteiger partial charge in [-0.3, -0.25) is 4.79 Å². The van der Waals surface area contributed by atoms with Crippen molar-refractivity contribution in [1.29, 1.82) is 0 Å². The molecular formula is C7H14NO2. The smallest absolute Gasteiger partial charge is 0.309 e. The van der Waals surface area contributed by atoms with Crippen LogP contribution in [0, 0.1) is 5.92 Å². The Hall–Kier alpha value is -0.570. The molecule has 1 atom stereocenters. The Morgan fingerprint density at radius 3 is 2.50 bits per heavy atom. The highest BCUT2D eigenvalue weighted by molar-refractivity contribution is 5.47. The molecule has 0 fully saturated rings. The van der Waals surface area contributed by atoms with Gasteiger partial charge in [0.05, 0.1) is 12.6 Å². The predicted molar refractivity (Wildman–Crippen MR) is 39.2 cm³/mol. The summed E-state index contributed by atoms with van der Waals surface area (Å²) in [5.41, 5.74) is 0. The van der Waals surface area contributed by atoms with E-state index in [9.17, 15) is 4.79 Å². The highest BCUT2D eigenvalue weighted by Gasteiger charge is 2.07. The van der Waals surface area contributed by atoms with Crippen LogP contribution in [0.5, 0.6) is 0 Å². The summed E-state index contributed by atoms with van der Waals surface area (Å²) >= 11 is 0. The first-order chi connectivity index (χ1) is 4.70. The SMILES string of the molecule is CC(C)CC(CO)N[C]=O. The zero-order valence-corrected chi connectivity index (χ0v) is 6.42. The molecule has 1 amide bonds. The van der Waals surface area contributed by atoms with Crippen LogP contribution in [0.4, 0.5) is 0 Å². The third kappa shape index (κ3) is 4.32. The summed E-state index contributed by atoms with van der Waals surface area (Å²) in [6.45, 7) is 4.07. The van der Waals surface area contributed by atoms with Gasteiger partial charge < -0.3 is 10.4 Å². The fourth-order valence-electron chi connectivity index (χ4n) is 0.831. The van der Waals surface area contributed by atoms with Crippen molar-refractivity contribution in [2.75, 3.05) is 6.61 Å². The first kappa shape index (κ1) is 9.43. The van der Waals surface area contributed by atoms with Gasteiger partial charge >= 0.3 is 6.41 Å². The lowest BCUT2D eigenvalue weighted by atomic mass is 10.1. The Bertz CT molecular complexity index is 93.6. The number of amides is 1. The van der Waals surface area contributed by atoms with Crippen LogP contribution in [0.2, 0.25) is 0 Å². The fourth-order valence-corrected chi connectivity index (χ4v) is 0.831. The molecule has 0 aromatic carbocycles. The molecule has 0 saturated heterocycles. The molecule has 3 heteroatoms. The van der Waals surface area contributed by atoms with E-state index in [0.717, 1.165) is 6.42 Å². The number of aliphatic hydroxyl groups excluding tert-OH is 1. The number of aliphatic hydroxyl groups is 1. The average molecular weight is 144 g/mol. The van der Waals surface area contributed by atoms with Gasteiger partial charge in [0.1, 0.15) is 0 Å². The van der Waals surface area contributed by atoms with Crippen molar-refractivity contribution < 1.29 is 9.90 Å². The van der Waals surface area contributed by atoms with Crippen molar-refractivity contribution in [3.8, 4) is 0 Å². The summed E-state index contributed by atoms with van der Waals surface area (Å²) < 4.78 is 0. The van der Waals surface area contributed by atoms with Crippen molar-refractivity contribution in [3.63, 3.8) is 0 Å². The summed E-state index contributed by atoms with van der Waals surface area (Å²) in [4.78, 5) is 9.81. The molecule has 59 valence electrons. The molecule has 0 aliphatic carbocycles. The van der Waals surface area contributed by atoms with Gasteiger partial charge in [0, 0.05) is 0 Å². The Morgan fingerprint density at radius 2 is 2.20 bits per heavy atom. The lowest BCUT2D eigenvalue weighted by molar-refractivity contribution is 0.237. The molecule has 0 bridgehead atoms. The van der Waals surface area contributed by atoms with Crippen molar-refractivity contribution in [3.05, 3.63) is 0 Å². The largest absolute Gasteiger partial charge is 0.394 e. The first-order valence-corrected chi connectivity index (χ1v) is 3.44. The first-order valence-electron chi connectivity index (χ1n) is 3.44. The molecule has 3 nitrogen and oxygen atoms in total. The fraction of sp³-hybridized carbons (Fsp3) is 0.857. The minimum absolute atomic E-state index is 0.00653. The Morgan fingerprint density at radius 1 is 1.60 bits per heavy atom. The number of nitrogens with one attached hydrogen (secondary N) is 1. The standard InChI is InChI=1S/C7H14NO2/c1-6(2)3-7(4-9)8-5-10/h6-7,9H,3-4H2,1-2H3,(H,8,10). The minimum atomic E-state index is -0.127. The molecule has 10 heavy (non-hydrogen) atoms. The quantitative estimate of drug-likeness (QED) is 0.536. The molecule has 0 aliphatic heterocycles. The van der Waals surface area contributed by atoms with E-state index in [-0.39, 0.29) is 12.6 Å². The molecule has 0 heterocycles. The van der Waals surface area contributed by atoms with Crippen LogP contribution in [-0.4, -0.2) is 24.2 Å². The van der Waals surface area contributed by atoms with E-state index in [1.807, 2.05) is 13.8 Å². The van der Waals surface area contributed by atoms with Gasteiger partial charge in [-0.1, -0.05) is 13.8 Å². The van der Waals surface area contributed by atoms with Crippen LogP contribution in [0.3, 0.4) is 0 Å². The number of rotatable bonds is 5. The van der Waals surface area contributed by atoms with E-state index < -0.39 is 0 Å². The summed E-state index contributed by atoms with van der Waals surface area (Å²) in [5.74, 6) is 0.484. The number of hydrogen-bond acceptors (Lipinski definition) is 2. The molecule has 0 aromatic rings. The average Bonchev–Trinajstić information content (AvgIpc) is 1.86. The van der Waals surface area contributed by atoms with Crippen LogP contribution < -0.4 is 5.32 Å². The zero-order chi connectivity index (χ0) is 7.98. The Labute approximate surface area is 61.4 Å². The van der Waals surface area contributed by atoms with Gasteiger partial charge in [0.25, 0.3) is 0 Å². The maximum atomic E-state index is 9.81. The monoisotopic (exact) mass is 144 g/mol. The second kappa shape index (κ2) is 5.23. The molecule has 1 unspecified atom stereocenters. The minimum Gasteiger partial charge on any atom is -0.394 e. The van der Waals surface area contributed by atoms with Crippen LogP contribution in [0.15, 0.2) is 0 Å². The van der Waals surface area contributed by atoms with Crippen molar-refractivity contribution in [2.24, 2.45) is 5.92 Å². The second-order valence-corrected chi connectivity index (χ2v) is 2.76. The van der Waals surface area contributed by atoms with Crippen LogP contribution in [-0.2, 0) is 4.79 Å². The van der Waals surface area contributed by atoms with Crippen LogP contribution in [0.25, 0.3) is 0 Å². The topological polar surface area (TPSA) is 49.3 Å². The summed E-state index contributed by atoms with van der Waals surface area (Å²) in [6.07, 6.45) is 2.36. The molecule has 0 aliphatic rings. The molecule has 0 rings (SSSR count). The highest BCUT2D eigenvalue weighted by Crippen LogP contribution is 2.02. The maximum absolute atomic E-state index is 9.81. The lowest BCUT2D eigenvalue weighted by Gasteiger charge is -2.13. The molecule has 0 aromatic heterocycles. The van der Waals surface area contributed by atoms with Crippen LogP contribution in [0.1, 0.15) is 20.3 Å². The maximum Gasteiger partial charge on any atom is 0.309 e. The normalized spacial score (nSPS) is 13.2. The van der Waals surface area contributed by atoms with E-state index in [1.165, 1.54) is 0 Å². The van der Waals surface area contributed by atoms with E-state index in [0.29, 0.717) is 5.92 Å². The Balaban J connectivity index is 3.48. The molecule has 0 saturated carbocycles. The van der Waals surface area contributed by atoms with Crippen molar-refractivity contribution in [1.82, 2.24) is 5.32 Å². The van der Waals surface area contributed by atoms with E-state index in [1.54, 1.807) is 6.41 Å².